The first-order valence-electron chi connectivity index (χ1n) is 9.27. The van der Waals surface area contributed by atoms with Crippen LogP contribution in [-0.2, 0) is 19.2 Å². The highest BCUT2D eigenvalue weighted by molar-refractivity contribution is 14.1. The predicted molar refractivity (Wildman–Crippen MR) is 129 cm³/mol. The van der Waals surface area contributed by atoms with Crippen molar-refractivity contribution >= 4 is 69.6 Å². The molecule has 0 bridgehead atoms. The largest absolute Gasteiger partial charge is 0.481 e. The van der Waals surface area contributed by atoms with Crippen LogP contribution in [-0.4, -0.2) is 82.8 Å². The molecular formula is C18H27I2N3O8. The van der Waals surface area contributed by atoms with E-state index in [4.69, 9.17) is 10.2 Å². The number of allylic oxidation sites excluding steroid dienone is 2. The third-order valence-corrected chi connectivity index (χ3v) is 6.26. The van der Waals surface area contributed by atoms with Crippen molar-refractivity contribution in [2.75, 3.05) is 20.1 Å². The smallest absolute Gasteiger partial charge is 0.321 e. The van der Waals surface area contributed by atoms with Crippen molar-refractivity contribution in [2.24, 2.45) is 0 Å². The SMILES string of the molecule is CN/C(=C\C=C/CCN(I)C(CCC(=O)O)C(=O)O)CN(I)C(CCC(=O)O)C(=O)O. The van der Waals surface area contributed by atoms with Gasteiger partial charge in [0.15, 0.2) is 0 Å². The van der Waals surface area contributed by atoms with E-state index in [0.29, 0.717) is 18.7 Å². The molecule has 176 valence electrons. The van der Waals surface area contributed by atoms with Gasteiger partial charge >= 0.3 is 23.9 Å². The Kier molecular flexibility index (Phi) is 15.4. The molecule has 0 spiro atoms. The minimum atomic E-state index is -1.10. The molecule has 31 heavy (non-hydrogen) atoms. The maximum Gasteiger partial charge on any atom is 0.321 e. The average Bonchev–Trinajstić information content (AvgIpc) is 2.65. The third kappa shape index (κ3) is 13.5. The van der Waals surface area contributed by atoms with Crippen molar-refractivity contribution < 1.29 is 39.6 Å². The second-order valence-electron chi connectivity index (χ2n) is 6.41. The van der Waals surface area contributed by atoms with E-state index in [9.17, 15) is 29.4 Å². The lowest BCUT2D eigenvalue weighted by atomic mass is 10.1. The van der Waals surface area contributed by atoms with Crippen molar-refractivity contribution in [2.45, 2.75) is 44.2 Å². The summed E-state index contributed by atoms with van der Waals surface area (Å²) in [6, 6.07) is -1.83. The molecule has 11 nitrogen and oxygen atoms in total. The summed E-state index contributed by atoms with van der Waals surface area (Å²) >= 11 is 3.73. The summed E-state index contributed by atoms with van der Waals surface area (Å²) < 4.78 is 3.08. The minimum Gasteiger partial charge on any atom is -0.481 e. The van der Waals surface area contributed by atoms with E-state index in [1.165, 1.54) is 3.11 Å². The summed E-state index contributed by atoms with van der Waals surface area (Å²) in [7, 11) is 1.68. The zero-order chi connectivity index (χ0) is 24.0. The second-order valence-corrected chi connectivity index (χ2v) is 8.89. The Morgan fingerprint density at radius 2 is 1.39 bits per heavy atom. The van der Waals surface area contributed by atoms with Crippen LogP contribution >= 0.6 is 45.7 Å². The highest BCUT2D eigenvalue weighted by atomic mass is 127. The zero-order valence-corrected chi connectivity index (χ0v) is 21.2. The summed E-state index contributed by atoms with van der Waals surface area (Å²) in [5.74, 6) is -4.27. The Balaban J connectivity index is 4.76. The van der Waals surface area contributed by atoms with E-state index in [0.717, 1.165) is 0 Å². The number of hydrogen-bond donors (Lipinski definition) is 5. The van der Waals surface area contributed by atoms with E-state index in [1.54, 1.807) is 22.3 Å². The van der Waals surface area contributed by atoms with Gasteiger partial charge in [-0.15, -0.1) is 0 Å². The Morgan fingerprint density at radius 1 is 0.903 bits per heavy atom. The minimum absolute atomic E-state index is 0.0131. The lowest BCUT2D eigenvalue weighted by Crippen LogP contribution is -2.37. The van der Waals surface area contributed by atoms with Gasteiger partial charge in [-0.05, 0) is 25.3 Å². The molecule has 0 rings (SSSR count). The van der Waals surface area contributed by atoms with E-state index in [1.807, 2.05) is 51.8 Å². The monoisotopic (exact) mass is 667 g/mol. The topological polar surface area (TPSA) is 168 Å². The molecule has 5 N–H and O–H groups in total. The maximum absolute atomic E-state index is 11.4. The number of rotatable bonds is 17. The molecule has 13 heteroatoms. The van der Waals surface area contributed by atoms with E-state index < -0.39 is 36.0 Å². The van der Waals surface area contributed by atoms with Crippen LogP contribution in [0.1, 0.15) is 32.1 Å². The molecule has 0 saturated carbocycles. The highest BCUT2D eigenvalue weighted by Crippen LogP contribution is 2.16. The summed E-state index contributed by atoms with van der Waals surface area (Å²) in [6.07, 6.45) is 5.37. The van der Waals surface area contributed by atoms with Crippen molar-refractivity contribution in [1.29, 1.82) is 0 Å². The molecule has 0 aliphatic carbocycles. The third-order valence-electron chi connectivity index (χ3n) is 4.10. The van der Waals surface area contributed by atoms with Crippen LogP contribution in [0.5, 0.6) is 0 Å². The van der Waals surface area contributed by atoms with E-state index in [-0.39, 0.29) is 32.2 Å². The first kappa shape index (κ1) is 29.5. The van der Waals surface area contributed by atoms with Gasteiger partial charge in [0.2, 0.25) is 0 Å². The Hall–Kier alpha value is -1.46. The van der Waals surface area contributed by atoms with Crippen molar-refractivity contribution in [3.63, 3.8) is 0 Å². The number of likely N-dealkylation sites (N-methyl/N-ethyl adjacent to an activating group) is 1. The fourth-order valence-electron chi connectivity index (χ4n) is 2.41. The van der Waals surface area contributed by atoms with Crippen molar-refractivity contribution in [3.8, 4) is 0 Å². The van der Waals surface area contributed by atoms with Gasteiger partial charge in [0.05, 0.1) is 0 Å². The fraction of sp³-hybridized carbons (Fsp3) is 0.556. The summed E-state index contributed by atoms with van der Waals surface area (Å²) in [5, 5.41) is 39.0. The number of carboxylic acids is 4. The first-order valence-corrected chi connectivity index (χ1v) is 11.2. The molecule has 0 aromatic rings. The van der Waals surface area contributed by atoms with Crippen molar-refractivity contribution in [1.82, 2.24) is 11.5 Å². The predicted octanol–water partition coefficient (Wildman–Crippen LogP) is 1.98. The molecular weight excluding hydrogens is 640 g/mol. The van der Waals surface area contributed by atoms with Gasteiger partial charge in [-0.25, -0.2) is 6.23 Å². The van der Waals surface area contributed by atoms with Gasteiger partial charge in [-0.2, -0.15) is 0 Å². The molecule has 0 aromatic carbocycles. The van der Waals surface area contributed by atoms with E-state index in [2.05, 4.69) is 5.32 Å². The quantitative estimate of drug-likeness (QED) is 0.0875. The summed E-state index contributed by atoms with van der Waals surface area (Å²) in [6.45, 7) is 0.664. The van der Waals surface area contributed by atoms with Gasteiger partial charge in [0, 0.05) is 84.4 Å². The molecule has 0 aliphatic rings. The number of carbonyl (C=O) groups is 4. The first-order chi connectivity index (χ1) is 14.5. The van der Waals surface area contributed by atoms with Gasteiger partial charge < -0.3 is 25.7 Å². The number of halogens is 2. The lowest BCUT2D eigenvalue weighted by molar-refractivity contribution is -0.143. The number of nitrogens with one attached hydrogen (secondary N) is 1. The van der Waals surface area contributed by atoms with Crippen LogP contribution in [0, 0.1) is 0 Å². The number of aliphatic carboxylic acids is 4. The molecule has 0 aromatic heterocycles. The molecule has 2 atom stereocenters. The van der Waals surface area contributed by atoms with Crippen LogP contribution in [0.25, 0.3) is 0 Å². The fourth-order valence-corrected chi connectivity index (χ4v) is 4.09. The maximum atomic E-state index is 11.4. The summed E-state index contributed by atoms with van der Waals surface area (Å²) in [4.78, 5) is 44.1. The number of hydrogen-bond acceptors (Lipinski definition) is 7. The van der Waals surface area contributed by atoms with Gasteiger partial charge in [-0.1, -0.05) is 12.2 Å². The number of nitrogens with zero attached hydrogens (tertiary/aromatic N) is 2. The molecule has 0 aliphatic heterocycles. The number of carboxylic acid groups (broad SMARTS) is 4. The van der Waals surface area contributed by atoms with Crippen LogP contribution in [0.4, 0.5) is 0 Å². The van der Waals surface area contributed by atoms with Crippen LogP contribution in [0.3, 0.4) is 0 Å². The molecule has 0 amide bonds. The molecule has 0 heterocycles. The van der Waals surface area contributed by atoms with Crippen LogP contribution < -0.4 is 5.32 Å². The average molecular weight is 667 g/mol. The lowest BCUT2D eigenvalue weighted by Gasteiger charge is -2.23. The highest BCUT2D eigenvalue weighted by Gasteiger charge is 2.25. The van der Waals surface area contributed by atoms with E-state index >= 15 is 0 Å². The summed E-state index contributed by atoms with van der Waals surface area (Å²) in [5.41, 5.74) is 0.712. The standard InChI is InChI=1S/C18H27I2N3O8/c1-21-12(11-23(20)14(18(30)31)7-9-16(26)27)5-3-2-4-10-22(19)13(17(28)29)6-8-15(24)25/h2-3,5,13-14,21H,4,6-11H2,1H3,(H,24,25)(H,26,27)(H,28,29)(H,30,31)/b3-2-,12-5-. The Bertz CT molecular complexity index is 687. The van der Waals surface area contributed by atoms with Gasteiger partial charge in [-0.3, -0.25) is 19.2 Å². The van der Waals surface area contributed by atoms with Crippen LogP contribution in [0.15, 0.2) is 23.9 Å². The van der Waals surface area contributed by atoms with Gasteiger partial charge in [0.1, 0.15) is 12.1 Å². The molecule has 0 saturated heterocycles. The Labute approximate surface area is 208 Å². The van der Waals surface area contributed by atoms with Crippen LogP contribution in [0.2, 0.25) is 0 Å². The second kappa shape index (κ2) is 16.2. The Morgan fingerprint density at radius 3 is 1.81 bits per heavy atom. The normalized spacial score (nSPS) is 14.0. The zero-order valence-electron chi connectivity index (χ0n) is 16.9. The molecule has 0 radical (unpaired) electrons. The molecule has 0 fully saturated rings. The van der Waals surface area contributed by atoms with Gasteiger partial charge in [0.25, 0.3) is 0 Å². The molecule has 2 unspecified atom stereocenters. The van der Waals surface area contributed by atoms with Crippen molar-refractivity contribution in [3.05, 3.63) is 23.9 Å².